The van der Waals surface area contributed by atoms with E-state index in [0.717, 1.165) is 18.6 Å². The first kappa shape index (κ1) is 25.7. The fourth-order valence-electron chi connectivity index (χ4n) is 5.08. The molecule has 11 heteroatoms. The number of piperazine rings is 1. The van der Waals surface area contributed by atoms with Crippen LogP contribution >= 0.6 is 39.3 Å². The summed E-state index contributed by atoms with van der Waals surface area (Å²) in [6.45, 7) is 12.5. The van der Waals surface area contributed by atoms with E-state index in [9.17, 15) is 4.79 Å². The van der Waals surface area contributed by atoms with Crippen molar-refractivity contribution in [2.75, 3.05) is 17.2 Å². The van der Waals surface area contributed by atoms with E-state index < -0.39 is 11.4 Å². The predicted molar refractivity (Wildman–Crippen MR) is 137 cm³/mol. The summed E-state index contributed by atoms with van der Waals surface area (Å²) < 4.78 is 21.2. The molecule has 4 rings (SSSR count). The summed E-state index contributed by atoms with van der Waals surface area (Å²) in [5.74, 6) is 0.913. The summed E-state index contributed by atoms with van der Waals surface area (Å²) in [4.78, 5) is 30.8. The molecule has 2 aromatic heterocycles. The number of aromatic nitrogens is 3. The van der Waals surface area contributed by atoms with Gasteiger partial charge in [-0.1, -0.05) is 44.1 Å². The smallest absolute Gasteiger partial charge is 0.410 e. The normalized spacial score (nSPS) is 22.7. The van der Waals surface area contributed by atoms with Crippen LogP contribution in [0.4, 0.5) is 15.0 Å². The van der Waals surface area contributed by atoms with Crippen molar-refractivity contribution in [3.63, 3.8) is 0 Å². The minimum absolute atomic E-state index is 0.0222. The monoisotopic (exact) mass is 573 g/mol. The van der Waals surface area contributed by atoms with Crippen molar-refractivity contribution < 1.29 is 13.9 Å². The van der Waals surface area contributed by atoms with Crippen LogP contribution in [0.3, 0.4) is 0 Å². The largest absolute Gasteiger partial charge is 0.444 e. The SMILES string of the molecule is CCSc1nc(N2C[C@H]3CC[C@@H]([C@H]2C(C)C)N3C(=O)OC(C)(C)C)c2c(Br)nc(Cl)c(F)c2n1. The van der Waals surface area contributed by atoms with E-state index in [2.05, 4.69) is 44.6 Å². The molecule has 2 fully saturated rings. The van der Waals surface area contributed by atoms with Gasteiger partial charge >= 0.3 is 6.09 Å². The maximum atomic E-state index is 15.1. The molecule has 0 radical (unpaired) electrons. The van der Waals surface area contributed by atoms with Crippen LogP contribution in [0, 0.1) is 11.7 Å². The number of carbonyl (C=O) groups is 1. The Hall–Kier alpha value is -1.39. The summed E-state index contributed by atoms with van der Waals surface area (Å²) >= 11 is 11.0. The highest BCUT2D eigenvalue weighted by molar-refractivity contribution is 9.10. The molecule has 1 amide bonds. The lowest BCUT2D eigenvalue weighted by molar-refractivity contribution is 0.00526. The Morgan fingerprint density at radius 1 is 1.29 bits per heavy atom. The van der Waals surface area contributed by atoms with Crippen LogP contribution in [0.1, 0.15) is 54.4 Å². The molecule has 0 spiro atoms. The zero-order valence-corrected chi connectivity index (χ0v) is 23.4. The number of halogens is 3. The third-order valence-corrected chi connectivity index (χ3v) is 7.76. The van der Waals surface area contributed by atoms with Gasteiger partial charge in [-0.05, 0) is 61.2 Å². The number of hydrogen-bond donors (Lipinski definition) is 0. The third-order valence-electron chi connectivity index (χ3n) is 6.20. The second-order valence-electron chi connectivity index (χ2n) is 10.1. The van der Waals surface area contributed by atoms with Crippen molar-refractivity contribution in [3.05, 3.63) is 15.6 Å². The van der Waals surface area contributed by atoms with Crippen LogP contribution in [0.5, 0.6) is 0 Å². The molecule has 2 aromatic rings. The first-order chi connectivity index (χ1) is 15.9. The number of carbonyl (C=O) groups excluding carboxylic acids is 1. The van der Waals surface area contributed by atoms with Gasteiger partial charge in [0, 0.05) is 6.54 Å². The first-order valence-electron chi connectivity index (χ1n) is 11.6. The van der Waals surface area contributed by atoms with Crippen LogP contribution in [0.25, 0.3) is 10.9 Å². The summed E-state index contributed by atoms with van der Waals surface area (Å²) in [6, 6.07) is -0.0923. The molecule has 2 aliphatic rings. The number of nitrogens with zero attached hydrogens (tertiary/aromatic N) is 5. The molecule has 2 bridgehead atoms. The summed E-state index contributed by atoms with van der Waals surface area (Å²) in [6.07, 6.45) is 1.48. The first-order valence-corrected chi connectivity index (χ1v) is 13.7. The maximum absolute atomic E-state index is 15.1. The number of amides is 1. The van der Waals surface area contributed by atoms with Gasteiger partial charge in [0.05, 0.1) is 23.5 Å². The molecule has 34 heavy (non-hydrogen) atoms. The van der Waals surface area contributed by atoms with Crippen molar-refractivity contribution in [2.24, 2.45) is 5.92 Å². The van der Waals surface area contributed by atoms with Gasteiger partial charge in [0.15, 0.2) is 16.1 Å². The van der Waals surface area contributed by atoms with E-state index in [1.54, 1.807) is 0 Å². The number of fused-ring (bicyclic) bond motifs is 3. The van der Waals surface area contributed by atoms with E-state index in [4.69, 9.17) is 21.3 Å². The average molecular weight is 575 g/mol. The van der Waals surface area contributed by atoms with Crippen LogP contribution in [-0.2, 0) is 4.74 Å². The summed E-state index contributed by atoms with van der Waals surface area (Å²) in [5.41, 5.74) is -0.416. The Morgan fingerprint density at radius 3 is 2.62 bits per heavy atom. The van der Waals surface area contributed by atoms with E-state index >= 15 is 4.39 Å². The molecule has 0 N–H and O–H groups in total. The second-order valence-corrected chi connectivity index (χ2v) is 12.4. The van der Waals surface area contributed by atoms with E-state index in [-0.39, 0.29) is 40.8 Å². The quantitative estimate of drug-likeness (QED) is 0.241. The van der Waals surface area contributed by atoms with E-state index in [1.165, 1.54) is 11.8 Å². The van der Waals surface area contributed by atoms with E-state index in [1.807, 2.05) is 32.6 Å². The molecule has 0 unspecified atom stereocenters. The molecule has 0 aromatic carbocycles. The zero-order valence-electron chi connectivity index (χ0n) is 20.2. The number of thioether (sulfide) groups is 1. The minimum atomic E-state index is -0.655. The fraction of sp³-hybridized carbons (Fsp3) is 0.652. The molecule has 2 saturated heterocycles. The van der Waals surface area contributed by atoms with E-state index in [0.29, 0.717) is 27.5 Å². The molecule has 0 saturated carbocycles. The van der Waals surface area contributed by atoms with Crippen molar-refractivity contribution in [2.45, 2.75) is 83.3 Å². The standard InChI is InChI=1S/C23H30BrClFN5O2S/c1-7-34-21-27-16-14(18(24)28-19(25)15(16)26)20(29-21)30-10-12-8-9-13(17(30)11(2)3)31(12)22(32)33-23(4,5)6/h11-13,17H,7-10H2,1-6H3/t12-,13+,17-/m1/s1. The summed E-state index contributed by atoms with van der Waals surface area (Å²) in [5, 5.41) is 0.757. The third kappa shape index (κ3) is 4.69. The number of hydrogen-bond acceptors (Lipinski definition) is 7. The lowest BCUT2D eigenvalue weighted by atomic mass is 9.92. The summed E-state index contributed by atoms with van der Waals surface area (Å²) in [7, 11) is 0. The van der Waals surface area contributed by atoms with Crippen LogP contribution in [0.2, 0.25) is 5.15 Å². The van der Waals surface area contributed by atoms with Crippen LogP contribution in [0.15, 0.2) is 9.76 Å². The van der Waals surface area contributed by atoms with Gasteiger partial charge in [0.1, 0.15) is 21.5 Å². The van der Waals surface area contributed by atoms with Crippen molar-refractivity contribution in [1.82, 2.24) is 19.9 Å². The molecule has 3 atom stereocenters. The second kappa shape index (κ2) is 9.58. The van der Waals surface area contributed by atoms with Gasteiger partial charge in [-0.25, -0.2) is 24.1 Å². The topological polar surface area (TPSA) is 71.5 Å². The van der Waals surface area contributed by atoms with Crippen molar-refractivity contribution >= 4 is 62.1 Å². The Labute approximate surface area is 217 Å². The highest BCUT2D eigenvalue weighted by Gasteiger charge is 2.51. The highest BCUT2D eigenvalue weighted by atomic mass is 79.9. The lowest BCUT2D eigenvalue weighted by Gasteiger charge is -2.49. The Morgan fingerprint density at radius 2 is 2.00 bits per heavy atom. The number of rotatable bonds is 4. The van der Waals surface area contributed by atoms with Crippen molar-refractivity contribution in [1.29, 1.82) is 0 Å². The fourth-order valence-corrected chi connectivity index (χ4v) is 6.47. The van der Waals surface area contributed by atoms with Crippen LogP contribution in [-0.4, -0.2) is 62.0 Å². The lowest BCUT2D eigenvalue weighted by Crippen LogP contribution is -2.63. The molecule has 4 heterocycles. The van der Waals surface area contributed by atoms with Gasteiger partial charge < -0.3 is 9.64 Å². The highest BCUT2D eigenvalue weighted by Crippen LogP contribution is 2.43. The van der Waals surface area contributed by atoms with Gasteiger partial charge in [-0.15, -0.1) is 0 Å². The molecule has 7 nitrogen and oxygen atoms in total. The van der Waals surface area contributed by atoms with Gasteiger partial charge in [-0.2, -0.15) is 0 Å². The molecule has 2 aliphatic heterocycles. The Bertz CT molecular complexity index is 1120. The molecular formula is C23H30BrClFN5O2S. The Balaban J connectivity index is 1.84. The number of anilines is 1. The van der Waals surface area contributed by atoms with Gasteiger partial charge in [-0.3, -0.25) is 4.90 Å². The number of ether oxygens (including phenoxy) is 1. The minimum Gasteiger partial charge on any atom is -0.444 e. The van der Waals surface area contributed by atoms with Gasteiger partial charge in [0.2, 0.25) is 0 Å². The Kier molecular flexibility index (Phi) is 7.24. The maximum Gasteiger partial charge on any atom is 0.410 e. The predicted octanol–water partition coefficient (Wildman–Crippen LogP) is 6.30. The average Bonchev–Trinajstić information content (AvgIpc) is 3.03. The van der Waals surface area contributed by atoms with Crippen LogP contribution < -0.4 is 4.90 Å². The van der Waals surface area contributed by atoms with Crippen molar-refractivity contribution in [3.8, 4) is 0 Å². The molecule has 186 valence electrons. The molecule has 0 aliphatic carbocycles. The number of pyridine rings is 1. The van der Waals surface area contributed by atoms with Gasteiger partial charge in [0.25, 0.3) is 0 Å². The zero-order chi connectivity index (χ0) is 24.9. The molecular weight excluding hydrogens is 545 g/mol.